The van der Waals surface area contributed by atoms with Crippen LogP contribution in [0.4, 0.5) is 0 Å². The molecule has 2 fully saturated rings. The topological polar surface area (TPSA) is 66.8 Å². The third-order valence-electron chi connectivity index (χ3n) is 5.42. The zero-order valence-electron chi connectivity index (χ0n) is 15.2. The van der Waals surface area contributed by atoms with E-state index < -0.39 is 11.9 Å². The minimum atomic E-state index is -0.757. The Kier molecular flexibility index (Phi) is 6.59. The largest absolute Gasteiger partial charge is 0.481 e. The summed E-state index contributed by atoms with van der Waals surface area (Å²) in [7, 11) is 0. The molecule has 6 heteroatoms. The lowest BCUT2D eigenvalue weighted by Crippen LogP contribution is -2.43. The van der Waals surface area contributed by atoms with Crippen molar-refractivity contribution in [3.63, 3.8) is 0 Å². The molecule has 0 saturated carbocycles. The Morgan fingerprint density at radius 1 is 1.19 bits per heavy atom. The SMILES string of the molecule is CCSCc1ccc(C(=O)N2CCC([C@@H]3OCCC3C(=O)O)CC2)cc1. The molecule has 1 aromatic rings. The van der Waals surface area contributed by atoms with E-state index in [2.05, 4.69) is 6.92 Å². The first kappa shape index (κ1) is 19.2. The molecule has 2 atom stereocenters. The molecule has 5 nitrogen and oxygen atoms in total. The summed E-state index contributed by atoms with van der Waals surface area (Å²) in [5, 5.41) is 9.33. The fourth-order valence-corrected chi connectivity index (χ4v) is 4.55. The number of carbonyl (C=O) groups is 2. The maximum Gasteiger partial charge on any atom is 0.309 e. The predicted molar refractivity (Wildman–Crippen MR) is 102 cm³/mol. The number of hydrogen-bond acceptors (Lipinski definition) is 4. The van der Waals surface area contributed by atoms with Crippen molar-refractivity contribution in [1.29, 1.82) is 0 Å². The van der Waals surface area contributed by atoms with Gasteiger partial charge in [0.05, 0.1) is 12.0 Å². The van der Waals surface area contributed by atoms with E-state index in [4.69, 9.17) is 4.74 Å². The Bertz CT molecular complexity index is 625. The van der Waals surface area contributed by atoms with Gasteiger partial charge in [-0.15, -0.1) is 0 Å². The summed E-state index contributed by atoms with van der Waals surface area (Å²) in [6.45, 7) is 4.01. The Morgan fingerprint density at radius 2 is 1.88 bits per heavy atom. The van der Waals surface area contributed by atoms with Crippen LogP contribution in [0, 0.1) is 11.8 Å². The molecule has 3 rings (SSSR count). The highest BCUT2D eigenvalue weighted by Gasteiger charge is 2.40. The van der Waals surface area contributed by atoms with E-state index in [1.54, 1.807) is 0 Å². The summed E-state index contributed by atoms with van der Waals surface area (Å²) in [5.74, 6) is 1.21. The molecule has 0 aromatic heterocycles. The zero-order valence-corrected chi connectivity index (χ0v) is 16.0. The number of likely N-dealkylation sites (tertiary alicyclic amines) is 1. The number of amides is 1. The van der Waals surface area contributed by atoms with Gasteiger partial charge in [0.25, 0.3) is 5.91 Å². The maximum atomic E-state index is 12.7. The fraction of sp³-hybridized carbons (Fsp3) is 0.600. The molecule has 1 amide bonds. The van der Waals surface area contributed by atoms with Gasteiger partial charge in [0.2, 0.25) is 0 Å². The first-order chi connectivity index (χ1) is 12.6. The van der Waals surface area contributed by atoms with Crippen molar-refractivity contribution in [1.82, 2.24) is 4.90 Å². The second kappa shape index (κ2) is 8.91. The van der Waals surface area contributed by atoms with Crippen molar-refractivity contribution in [3.8, 4) is 0 Å². The number of thioether (sulfide) groups is 1. The highest BCUT2D eigenvalue weighted by molar-refractivity contribution is 7.98. The van der Waals surface area contributed by atoms with Gasteiger partial charge >= 0.3 is 5.97 Å². The summed E-state index contributed by atoms with van der Waals surface area (Å²) in [5.41, 5.74) is 1.97. The number of hydrogen-bond donors (Lipinski definition) is 1. The Balaban J connectivity index is 1.54. The number of ether oxygens (including phenoxy) is 1. The number of benzene rings is 1. The fourth-order valence-electron chi connectivity index (χ4n) is 3.92. The van der Waals surface area contributed by atoms with Gasteiger partial charge in [-0.2, -0.15) is 11.8 Å². The van der Waals surface area contributed by atoms with E-state index in [0.29, 0.717) is 26.1 Å². The number of piperidine rings is 1. The molecule has 1 N–H and O–H groups in total. The van der Waals surface area contributed by atoms with Crippen molar-refractivity contribution in [2.45, 2.75) is 38.0 Å². The zero-order chi connectivity index (χ0) is 18.5. The second-order valence-electron chi connectivity index (χ2n) is 7.03. The number of nitrogens with zero attached hydrogens (tertiary/aromatic N) is 1. The summed E-state index contributed by atoms with van der Waals surface area (Å²) >= 11 is 1.87. The monoisotopic (exact) mass is 377 g/mol. The van der Waals surface area contributed by atoms with Gasteiger partial charge in [0.1, 0.15) is 0 Å². The normalized spacial score (nSPS) is 24.0. The molecule has 2 saturated heterocycles. The summed E-state index contributed by atoms with van der Waals surface area (Å²) < 4.78 is 5.71. The smallest absolute Gasteiger partial charge is 0.309 e. The highest BCUT2D eigenvalue weighted by atomic mass is 32.2. The minimum Gasteiger partial charge on any atom is -0.481 e. The Hall–Kier alpha value is -1.53. The molecule has 2 heterocycles. The molecule has 1 unspecified atom stereocenters. The molecular weight excluding hydrogens is 350 g/mol. The van der Waals surface area contributed by atoms with Gasteiger partial charge in [-0.3, -0.25) is 9.59 Å². The predicted octanol–water partition coefficient (Wildman–Crippen LogP) is 3.28. The van der Waals surface area contributed by atoms with Crippen LogP contribution >= 0.6 is 11.8 Å². The average molecular weight is 378 g/mol. The third-order valence-corrected chi connectivity index (χ3v) is 6.36. The van der Waals surface area contributed by atoms with Crippen molar-refractivity contribution >= 4 is 23.6 Å². The van der Waals surface area contributed by atoms with E-state index in [0.717, 1.165) is 29.9 Å². The van der Waals surface area contributed by atoms with Gasteiger partial charge in [0, 0.05) is 31.0 Å². The number of carbonyl (C=O) groups excluding carboxylic acids is 1. The number of carboxylic acid groups (broad SMARTS) is 1. The van der Waals surface area contributed by atoms with Crippen molar-refractivity contribution in [3.05, 3.63) is 35.4 Å². The van der Waals surface area contributed by atoms with E-state index in [-0.39, 0.29) is 17.9 Å². The van der Waals surface area contributed by atoms with E-state index in [9.17, 15) is 14.7 Å². The van der Waals surface area contributed by atoms with Gasteiger partial charge in [-0.1, -0.05) is 19.1 Å². The number of aliphatic carboxylic acids is 1. The van der Waals surface area contributed by atoms with Crippen LogP contribution in [0.25, 0.3) is 0 Å². The van der Waals surface area contributed by atoms with Crippen LogP contribution in [0.15, 0.2) is 24.3 Å². The summed E-state index contributed by atoms with van der Waals surface area (Å²) in [6, 6.07) is 7.90. The van der Waals surface area contributed by atoms with Crippen LogP contribution in [-0.2, 0) is 15.3 Å². The Labute approximate surface area is 159 Å². The standard InChI is InChI=1S/C20H27NO4S/c1-2-26-13-14-3-5-16(6-4-14)19(22)21-10-7-15(8-11-21)18-17(20(23)24)9-12-25-18/h3-6,15,17-18H,2,7-13H2,1H3,(H,23,24)/t17?,18-/m0/s1. The molecule has 0 radical (unpaired) electrons. The van der Waals surface area contributed by atoms with Crippen LogP contribution in [0.3, 0.4) is 0 Å². The quantitative estimate of drug-likeness (QED) is 0.824. The molecule has 142 valence electrons. The van der Waals surface area contributed by atoms with Crippen LogP contribution in [0.2, 0.25) is 0 Å². The average Bonchev–Trinajstić information content (AvgIpc) is 3.16. The number of rotatable bonds is 6. The third kappa shape index (κ3) is 4.41. The summed E-state index contributed by atoms with van der Waals surface area (Å²) in [4.78, 5) is 26.0. The van der Waals surface area contributed by atoms with Crippen LogP contribution in [-0.4, -0.2) is 53.4 Å². The first-order valence-electron chi connectivity index (χ1n) is 9.40. The number of carboxylic acids is 1. The molecule has 26 heavy (non-hydrogen) atoms. The summed E-state index contributed by atoms with van der Waals surface area (Å²) in [6.07, 6.45) is 2.03. The van der Waals surface area contributed by atoms with Gasteiger partial charge in [0.15, 0.2) is 0 Å². The molecule has 1 aromatic carbocycles. The lowest BCUT2D eigenvalue weighted by atomic mass is 9.84. The van der Waals surface area contributed by atoms with Crippen molar-refractivity contribution in [2.24, 2.45) is 11.8 Å². The van der Waals surface area contributed by atoms with E-state index in [1.165, 1.54) is 5.56 Å². The highest BCUT2D eigenvalue weighted by Crippen LogP contribution is 2.33. The Morgan fingerprint density at radius 3 is 2.50 bits per heavy atom. The van der Waals surface area contributed by atoms with E-state index in [1.807, 2.05) is 40.9 Å². The molecule has 0 spiro atoms. The van der Waals surface area contributed by atoms with Gasteiger partial charge in [-0.05, 0) is 48.6 Å². The molecule has 2 aliphatic heterocycles. The van der Waals surface area contributed by atoms with Crippen LogP contribution < -0.4 is 0 Å². The van der Waals surface area contributed by atoms with E-state index >= 15 is 0 Å². The molecule has 0 aliphatic carbocycles. The van der Waals surface area contributed by atoms with Gasteiger partial charge in [-0.25, -0.2) is 0 Å². The van der Waals surface area contributed by atoms with Crippen LogP contribution in [0.1, 0.15) is 42.1 Å². The first-order valence-corrected chi connectivity index (χ1v) is 10.6. The second-order valence-corrected chi connectivity index (χ2v) is 8.31. The molecular formula is C20H27NO4S. The molecule has 2 aliphatic rings. The van der Waals surface area contributed by atoms with Crippen molar-refractivity contribution < 1.29 is 19.4 Å². The maximum absolute atomic E-state index is 12.7. The molecule has 0 bridgehead atoms. The minimum absolute atomic E-state index is 0.0697. The lowest BCUT2D eigenvalue weighted by molar-refractivity contribution is -0.145. The van der Waals surface area contributed by atoms with Gasteiger partial charge < -0.3 is 14.7 Å². The van der Waals surface area contributed by atoms with Crippen LogP contribution in [0.5, 0.6) is 0 Å². The lowest BCUT2D eigenvalue weighted by Gasteiger charge is -2.35. The van der Waals surface area contributed by atoms with Crippen molar-refractivity contribution in [2.75, 3.05) is 25.4 Å².